The third kappa shape index (κ3) is 4.81. The summed E-state index contributed by atoms with van der Waals surface area (Å²) in [6.07, 6.45) is 0.905. The Morgan fingerprint density at radius 1 is 1.26 bits per heavy atom. The number of likely N-dealkylation sites (tertiary alicyclic amines) is 1. The summed E-state index contributed by atoms with van der Waals surface area (Å²) in [7, 11) is 0. The number of benzene rings is 1. The second-order valence-electron chi connectivity index (χ2n) is 7.45. The number of nitrogens with zero attached hydrogens (tertiary/aromatic N) is 1. The minimum Gasteiger partial charge on any atom is -0.460 e. The van der Waals surface area contributed by atoms with Gasteiger partial charge in [-0.3, -0.25) is 9.59 Å². The molecule has 2 rings (SSSR count). The molecule has 23 heavy (non-hydrogen) atoms. The van der Waals surface area contributed by atoms with E-state index in [1.54, 1.807) is 0 Å². The molecule has 0 unspecified atom stereocenters. The maximum Gasteiger partial charge on any atom is 0.307 e. The highest BCUT2D eigenvalue weighted by Crippen LogP contribution is 2.25. The van der Waals surface area contributed by atoms with Crippen LogP contribution in [0.2, 0.25) is 0 Å². The van der Waals surface area contributed by atoms with Crippen LogP contribution in [-0.2, 0) is 20.9 Å². The van der Waals surface area contributed by atoms with Crippen LogP contribution in [-0.4, -0.2) is 28.9 Å². The zero-order valence-electron chi connectivity index (χ0n) is 14.8. The van der Waals surface area contributed by atoms with Crippen molar-refractivity contribution >= 4 is 11.9 Å². The highest BCUT2D eigenvalue weighted by Gasteiger charge is 2.34. The number of carbonyl (C=O) groups is 2. The molecule has 0 N–H and O–H groups in total. The Morgan fingerprint density at radius 2 is 1.96 bits per heavy atom. The molecule has 0 saturated carbocycles. The van der Waals surface area contributed by atoms with E-state index in [1.807, 2.05) is 25.7 Å². The molecule has 0 spiro atoms. The fourth-order valence-electron chi connectivity index (χ4n) is 2.86. The van der Waals surface area contributed by atoms with Crippen molar-refractivity contribution in [2.45, 2.75) is 59.6 Å². The van der Waals surface area contributed by atoms with Crippen molar-refractivity contribution in [1.82, 2.24) is 4.90 Å². The standard InChI is InChI=1S/C19H27NO3/c1-13-6-7-15(10-14(13)2)12-20-9-8-16(18(20)22)11-17(21)23-19(3,4)5/h6-7,10,16H,8-9,11-12H2,1-5H3/t16-/m0/s1. The largest absolute Gasteiger partial charge is 0.460 e. The van der Waals surface area contributed by atoms with Crippen molar-refractivity contribution in [2.24, 2.45) is 5.92 Å². The van der Waals surface area contributed by atoms with Gasteiger partial charge in [-0.2, -0.15) is 0 Å². The maximum atomic E-state index is 12.5. The Kier molecular flexibility index (Phi) is 5.12. The Morgan fingerprint density at radius 3 is 2.57 bits per heavy atom. The third-order valence-corrected chi connectivity index (χ3v) is 4.19. The van der Waals surface area contributed by atoms with Gasteiger partial charge in [0, 0.05) is 13.1 Å². The third-order valence-electron chi connectivity index (χ3n) is 4.19. The zero-order valence-corrected chi connectivity index (χ0v) is 14.8. The molecule has 1 fully saturated rings. The summed E-state index contributed by atoms with van der Waals surface area (Å²) >= 11 is 0. The molecule has 126 valence electrons. The molecule has 1 aliphatic heterocycles. The van der Waals surface area contributed by atoms with Gasteiger partial charge in [0.25, 0.3) is 0 Å². The average Bonchev–Trinajstić information content (AvgIpc) is 2.74. The number of hydrogen-bond acceptors (Lipinski definition) is 3. The fraction of sp³-hybridized carbons (Fsp3) is 0.579. The monoisotopic (exact) mass is 317 g/mol. The summed E-state index contributed by atoms with van der Waals surface area (Å²) in [5.41, 5.74) is 3.13. The van der Waals surface area contributed by atoms with Gasteiger partial charge in [-0.1, -0.05) is 18.2 Å². The molecule has 4 heteroatoms. The molecule has 0 aromatic heterocycles. The van der Waals surface area contributed by atoms with Crippen molar-refractivity contribution in [2.75, 3.05) is 6.54 Å². The van der Waals surface area contributed by atoms with E-state index in [4.69, 9.17) is 4.74 Å². The van der Waals surface area contributed by atoms with Gasteiger partial charge in [-0.05, 0) is 57.7 Å². The molecule has 0 bridgehead atoms. The van der Waals surface area contributed by atoms with Gasteiger partial charge in [0.05, 0.1) is 12.3 Å². The molecule has 1 aromatic carbocycles. The van der Waals surface area contributed by atoms with Crippen LogP contribution >= 0.6 is 0 Å². The molecule has 1 saturated heterocycles. The lowest BCUT2D eigenvalue weighted by molar-refractivity contribution is -0.157. The number of rotatable bonds is 4. The Labute approximate surface area is 138 Å². The summed E-state index contributed by atoms with van der Waals surface area (Å²) in [6.45, 7) is 11.0. The van der Waals surface area contributed by atoms with Crippen LogP contribution in [0, 0.1) is 19.8 Å². The van der Waals surface area contributed by atoms with Crippen LogP contribution in [0.25, 0.3) is 0 Å². The van der Waals surface area contributed by atoms with Crippen molar-refractivity contribution in [3.05, 3.63) is 34.9 Å². The minimum absolute atomic E-state index is 0.0640. The van der Waals surface area contributed by atoms with Crippen molar-refractivity contribution in [3.8, 4) is 0 Å². The van der Waals surface area contributed by atoms with Crippen LogP contribution in [0.5, 0.6) is 0 Å². The van der Waals surface area contributed by atoms with Crippen LogP contribution in [0.1, 0.15) is 50.3 Å². The van der Waals surface area contributed by atoms with Crippen molar-refractivity contribution < 1.29 is 14.3 Å². The van der Waals surface area contributed by atoms with Gasteiger partial charge < -0.3 is 9.64 Å². The Bertz CT molecular complexity index is 601. The van der Waals surface area contributed by atoms with E-state index in [0.717, 1.165) is 12.0 Å². The van der Waals surface area contributed by atoms with Gasteiger partial charge in [-0.15, -0.1) is 0 Å². The summed E-state index contributed by atoms with van der Waals surface area (Å²) in [5.74, 6) is -0.464. The molecular formula is C19H27NO3. The van der Waals surface area contributed by atoms with Gasteiger partial charge in [-0.25, -0.2) is 0 Å². The van der Waals surface area contributed by atoms with Crippen LogP contribution in [0.3, 0.4) is 0 Å². The first kappa shape index (κ1) is 17.5. The summed E-state index contributed by atoms with van der Waals surface area (Å²) in [6, 6.07) is 6.28. The predicted octanol–water partition coefficient (Wildman–Crippen LogP) is 3.38. The summed E-state index contributed by atoms with van der Waals surface area (Å²) in [5, 5.41) is 0. The number of amides is 1. The predicted molar refractivity (Wildman–Crippen MR) is 89.9 cm³/mol. The molecular weight excluding hydrogens is 290 g/mol. The van der Waals surface area contributed by atoms with Crippen LogP contribution in [0.15, 0.2) is 18.2 Å². The molecule has 0 radical (unpaired) electrons. The van der Waals surface area contributed by atoms with Gasteiger partial charge in [0.15, 0.2) is 0 Å². The fourth-order valence-corrected chi connectivity index (χ4v) is 2.86. The van der Waals surface area contributed by atoms with Gasteiger partial charge >= 0.3 is 5.97 Å². The molecule has 1 amide bonds. The molecule has 1 atom stereocenters. The summed E-state index contributed by atoms with van der Waals surface area (Å²) in [4.78, 5) is 26.2. The highest BCUT2D eigenvalue weighted by molar-refractivity contribution is 5.85. The average molecular weight is 317 g/mol. The van der Waals surface area contributed by atoms with Crippen LogP contribution < -0.4 is 0 Å². The smallest absolute Gasteiger partial charge is 0.307 e. The Hall–Kier alpha value is -1.84. The lowest BCUT2D eigenvalue weighted by Crippen LogP contribution is -2.30. The topological polar surface area (TPSA) is 46.6 Å². The molecule has 1 heterocycles. The lowest BCUT2D eigenvalue weighted by Gasteiger charge is -2.21. The molecule has 1 aliphatic rings. The van der Waals surface area contributed by atoms with Crippen molar-refractivity contribution in [1.29, 1.82) is 0 Å². The van der Waals surface area contributed by atoms with E-state index in [-0.39, 0.29) is 24.2 Å². The lowest BCUT2D eigenvalue weighted by atomic mass is 10.0. The molecule has 0 aliphatic carbocycles. The van der Waals surface area contributed by atoms with Gasteiger partial charge in [0.2, 0.25) is 5.91 Å². The second-order valence-corrected chi connectivity index (χ2v) is 7.45. The SMILES string of the molecule is Cc1ccc(CN2CC[C@@H](CC(=O)OC(C)(C)C)C2=O)cc1C. The first-order valence-corrected chi connectivity index (χ1v) is 8.22. The normalized spacial score (nSPS) is 18.4. The van der Waals surface area contributed by atoms with E-state index in [2.05, 4.69) is 32.0 Å². The molecule has 4 nitrogen and oxygen atoms in total. The number of aryl methyl sites for hydroxylation is 2. The quantitative estimate of drug-likeness (QED) is 0.800. The van der Waals surface area contributed by atoms with Crippen molar-refractivity contribution in [3.63, 3.8) is 0 Å². The number of hydrogen-bond donors (Lipinski definition) is 0. The van der Waals surface area contributed by atoms with E-state index >= 15 is 0 Å². The Balaban J connectivity index is 1.93. The second kappa shape index (κ2) is 6.73. The van der Waals surface area contributed by atoms with Crippen LogP contribution in [0.4, 0.5) is 0 Å². The minimum atomic E-state index is -0.502. The zero-order chi connectivity index (χ0) is 17.2. The first-order valence-electron chi connectivity index (χ1n) is 8.22. The number of ether oxygens (including phenoxy) is 1. The highest BCUT2D eigenvalue weighted by atomic mass is 16.6. The first-order chi connectivity index (χ1) is 10.7. The number of esters is 1. The van der Waals surface area contributed by atoms with E-state index in [9.17, 15) is 9.59 Å². The molecule has 1 aromatic rings. The number of carbonyl (C=O) groups excluding carboxylic acids is 2. The van der Waals surface area contributed by atoms with E-state index < -0.39 is 5.60 Å². The summed E-state index contributed by atoms with van der Waals surface area (Å²) < 4.78 is 5.32. The maximum absolute atomic E-state index is 12.5. The van der Waals surface area contributed by atoms with E-state index in [0.29, 0.717) is 13.1 Å². The van der Waals surface area contributed by atoms with E-state index in [1.165, 1.54) is 11.1 Å². The van der Waals surface area contributed by atoms with Gasteiger partial charge in [0.1, 0.15) is 5.60 Å².